The average Bonchev–Trinajstić information content (AvgIpc) is 2.62. The predicted molar refractivity (Wildman–Crippen MR) is 107 cm³/mol. The third-order valence-corrected chi connectivity index (χ3v) is 5.70. The van der Waals surface area contributed by atoms with Gasteiger partial charge in [0.1, 0.15) is 0 Å². The second-order valence-electron chi connectivity index (χ2n) is 5.76. The lowest BCUT2D eigenvalue weighted by atomic mass is 10.2. The number of nitrogens with zero attached hydrogens (tertiary/aromatic N) is 2. The van der Waals surface area contributed by atoms with Gasteiger partial charge in [-0.25, -0.2) is 4.98 Å². The number of unbranched alkanes of at least 4 members (excludes halogenated alkanes) is 1. The van der Waals surface area contributed by atoms with Gasteiger partial charge in [0.15, 0.2) is 5.16 Å². The molecule has 0 atom stereocenters. The van der Waals surface area contributed by atoms with Gasteiger partial charge in [0.2, 0.25) is 0 Å². The molecule has 0 bridgehead atoms. The largest absolute Gasteiger partial charge is 0.287 e. The van der Waals surface area contributed by atoms with E-state index in [-0.39, 0.29) is 5.56 Å². The van der Waals surface area contributed by atoms with Gasteiger partial charge < -0.3 is 0 Å². The first-order valence-corrected chi connectivity index (χ1v) is 9.90. The first-order chi connectivity index (χ1) is 12.1. The van der Waals surface area contributed by atoms with Crippen molar-refractivity contribution in [1.29, 1.82) is 0 Å². The van der Waals surface area contributed by atoms with Gasteiger partial charge in [-0.15, -0.1) is 0 Å². The minimum Gasteiger partial charge on any atom is -0.287 e. The molecule has 130 valence electrons. The van der Waals surface area contributed by atoms with E-state index in [2.05, 4.69) is 6.92 Å². The third kappa shape index (κ3) is 4.20. The molecule has 0 aliphatic rings. The molecule has 0 radical (unpaired) electrons. The van der Waals surface area contributed by atoms with Crippen molar-refractivity contribution in [2.24, 2.45) is 0 Å². The number of para-hydroxylation sites is 1. The van der Waals surface area contributed by atoms with Crippen molar-refractivity contribution in [2.45, 2.75) is 37.2 Å². The summed E-state index contributed by atoms with van der Waals surface area (Å²) in [6.45, 7) is 2.79. The fourth-order valence-electron chi connectivity index (χ4n) is 2.55. The Hall–Kier alpha value is -1.49. The van der Waals surface area contributed by atoms with E-state index in [1.54, 1.807) is 22.4 Å². The van der Waals surface area contributed by atoms with E-state index in [0.717, 1.165) is 29.1 Å². The fourth-order valence-corrected chi connectivity index (χ4v) is 3.84. The molecule has 6 heteroatoms. The number of thioether (sulfide) groups is 1. The Balaban J connectivity index is 1.95. The van der Waals surface area contributed by atoms with E-state index in [4.69, 9.17) is 28.2 Å². The Labute approximate surface area is 161 Å². The number of aromatic nitrogens is 2. The molecule has 25 heavy (non-hydrogen) atoms. The normalized spacial score (nSPS) is 11.2. The van der Waals surface area contributed by atoms with Crippen LogP contribution in [0.4, 0.5) is 0 Å². The summed E-state index contributed by atoms with van der Waals surface area (Å²) in [6, 6.07) is 13.1. The molecule has 0 N–H and O–H groups in total. The Morgan fingerprint density at radius 1 is 1.12 bits per heavy atom. The zero-order valence-electron chi connectivity index (χ0n) is 13.8. The zero-order valence-corrected chi connectivity index (χ0v) is 16.2. The number of benzene rings is 2. The predicted octanol–water partition coefficient (Wildman–Crippen LogP) is 5.80. The number of halogens is 2. The van der Waals surface area contributed by atoms with Crippen LogP contribution in [0.15, 0.2) is 52.4 Å². The number of hydrogen-bond acceptors (Lipinski definition) is 3. The maximum Gasteiger partial charge on any atom is 0.262 e. The topological polar surface area (TPSA) is 34.9 Å². The summed E-state index contributed by atoms with van der Waals surface area (Å²) < 4.78 is 1.79. The first kappa shape index (κ1) is 18.3. The Kier molecular flexibility index (Phi) is 6.05. The van der Waals surface area contributed by atoms with Crippen molar-refractivity contribution < 1.29 is 0 Å². The highest BCUT2D eigenvalue weighted by atomic mass is 35.5. The lowest BCUT2D eigenvalue weighted by Gasteiger charge is -2.13. The average molecular weight is 393 g/mol. The van der Waals surface area contributed by atoms with E-state index in [1.807, 2.05) is 36.4 Å². The first-order valence-electron chi connectivity index (χ1n) is 8.16. The molecule has 3 aromatic rings. The molecule has 0 saturated heterocycles. The van der Waals surface area contributed by atoms with Gasteiger partial charge in [0.25, 0.3) is 5.56 Å². The van der Waals surface area contributed by atoms with Crippen molar-refractivity contribution in [3.8, 4) is 0 Å². The molecule has 0 amide bonds. The quantitative estimate of drug-likeness (QED) is 0.392. The summed E-state index contributed by atoms with van der Waals surface area (Å²) in [4.78, 5) is 17.5. The van der Waals surface area contributed by atoms with Crippen LogP contribution in [0, 0.1) is 0 Å². The van der Waals surface area contributed by atoms with Crippen LogP contribution in [0.1, 0.15) is 25.3 Å². The van der Waals surface area contributed by atoms with Crippen molar-refractivity contribution in [3.63, 3.8) is 0 Å². The smallest absolute Gasteiger partial charge is 0.262 e. The van der Waals surface area contributed by atoms with Crippen LogP contribution >= 0.6 is 35.0 Å². The number of rotatable bonds is 6. The van der Waals surface area contributed by atoms with E-state index in [0.29, 0.717) is 27.7 Å². The lowest BCUT2D eigenvalue weighted by molar-refractivity contribution is 0.557. The SMILES string of the molecule is CCCCn1c(SCc2ccc(Cl)c(Cl)c2)nc2ccccc2c1=O. The van der Waals surface area contributed by atoms with E-state index in [1.165, 1.54) is 0 Å². The molecule has 3 nitrogen and oxygen atoms in total. The number of fused-ring (bicyclic) bond motifs is 1. The monoisotopic (exact) mass is 392 g/mol. The van der Waals surface area contributed by atoms with Crippen molar-refractivity contribution in [1.82, 2.24) is 9.55 Å². The fraction of sp³-hybridized carbons (Fsp3) is 0.263. The molecule has 0 fully saturated rings. The molecular formula is C19H18Cl2N2OS. The second-order valence-corrected chi connectivity index (χ2v) is 7.52. The lowest BCUT2D eigenvalue weighted by Crippen LogP contribution is -2.23. The summed E-state index contributed by atoms with van der Waals surface area (Å²) in [6.07, 6.45) is 1.97. The highest BCUT2D eigenvalue weighted by Crippen LogP contribution is 2.27. The Morgan fingerprint density at radius 3 is 2.68 bits per heavy atom. The maximum absolute atomic E-state index is 12.8. The van der Waals surface area contributed by atoms with Gasteiger partial charge in [-0.2, -0.15) is 0 Å². The molecule has 1 heterocycles. The van der Waals surface area contributed by atoms with Crippen molar-refractivity contribution in [2.75, 3.05) is 0 Å². The molecule has 0 unspecified atom stereocenters. The highest BCUT2D eigenvalue weighted by molar-refractivity contribution is 7.98. The van der Waals surface area contributed by atoms with Crippen LogP contribution in [0.2, 0.25) is 10.0 Å². The third-order valence-electron chi connectivity index (χ3n) is 3.91. The van der Waals surface area contributed by atoms with E-state index >= 15 is 0 Å². The van der Waals surface area contributed by atoms with Gasteiger partial charge in [0.05, 0.1) is 20.9 Å². The van der Waals surface area contributed by atoms with Gasteiger partial charge in [-0.3, -0.25) is 9.36 Å². The molecule has 2 aromatic carbocycles. The van der Waals surface area contributed by atoms with Gasteiger partial charge in [-0.1, -0.05) is 66.5 Å². The highest BCUT2D eigenvalue weighted by Gasteiger charge is 2.11. The summed E-state index contributed by atoms with van der Waals surface area (Å²) >= 11 is 13.6. The van der Waals surface area contributed by atoms with Gasteiger partial charge in [0, 0.05) is 12.3 Å². The van der Waals surface area contributed by atoms with Crippen LogP contribution < -0.4 is 5.56 Å². The summed E-state index contributed by atoms with van der Waals surface area (Å²) in [5.74, 6) is 0.674. The van der Waals surface area contributed by atoms with Crippen molar-refractivity contribution >= 4 is 45.9 Å². The summed E-state index contributed by atoms with van der Waals surface area (Å²) in [7, 11) is 0. The summed E-state index contributed by atoms with van der Waals surface area (Å²) in [5.41, 5.74) is 1.80. The van der Waals surface area contributed by atoms with Gasteiger partial charge >= 0.3 is 0 Å². The van der Waals surface area contributed by atoms with Crippen LogP contribution in [0.3, 0.4) is 0 Å². The minimum atomic E-state index is 0.0238. The molecule has 0 spiro atoms. The maximum atomic E-state index is 12.8. The number of hydrogen-bond donors (Lipinski definition) is 0. The van der Waals surface area contributed by atoms with E-state index < -0.39 is 0 Å². The van der Waals surface area contributed by atoms with Gasteiger partial charge in [-0.05, 0) is 36.2 Å². The van der Waals surface area contributed by atoms with Crippen molar-refractivity contribution in [3.05, 3.63) is 68.4 Å². The summed E-state index contributed by atoms with van der Waals surface area (Å²) in [5, 5.41) is 2.48. The molecule has 3 rings (SSSR count). The van der Waals surface area contributed by atoms with Crippen LogP contribution in [-0.2, 0) is 12.3 Å². The molecule has 0 aliphatic heterocycles. The van der Waals surface area contributed by atoms with Crippen LogP contribution in [-0.4, -0.2) is 9.55 Å². The standard InChI is InChI=1S/C19H18Cl2N2OS/c1-2-3-10-23-18(24)14-6-4-5-7-17(14)22-19(23)25-12-13-8-9-15(20)16(21)11-13/h4-9,11H,2-3,10,12H2,1H3. The zero-order chi connectivity index (χ0) is 17.8. The second kappa shape index (κ2) is 8.26. The van der Waals surface area contributed by atoms with Crippen LogP contribution in [0.5, 0.6) is 0 Å². The Bertz CT molecular complexity index is 956. The molecule has 1 aromatic heterocycles. The molecule has 0 aliphatic carbocycles. The molecular weight excluding hydrogens is 375 g/mol. The van der Waals surface area contributed by atoms with Crippen LogP contribution in [0.25, 0.3) is 10.9 Å². The van der Waals surface area contributed by atoms with E-state index in [9.17, 15) is 4.79 Å². The minimum absolute atomic E-state index is 0.0238. The molecule has 0 saturated carbocycles. The Morgan fingerprint density at radius 2 is 1.92 bits per heavy atom.